The Morgan fingerprint density at radius 2 is 1.86 bits per heavy atom. The van der Waals surface area contributed by atoms with Crippen molar-refractivity contribution in [3.8, 4) is 0 Å². The Labute approximate surface area is 127 Å². The number of methoxy groups -OCH3 is 1. The van der Waals surface area contributed by atoms with Gasteiger partial charge < -0.3 is 15.4 Å². The quantitative estimate of drug-likeness (QED) is 0.732. The molecule has 0 aromatic carbocycles. The van der Waals surface area contributed by atoms with Gasteiger partial charge in [-0.2, -0.15) is 0 Å². The lowest BCUT2D eigenvalue weighted by molar-refractivity contribution is -0.122. The number of hydrogen-bond acceptors (Lipinski definition) is 5. The van der Waals surface area contributed by atoms with Crippen molar-refractivity contribution in [3.05, 3.63) is 16.0 Å². The van der Waals surface area contributed by atoms with E-state index in [0.29, 0.717) is 10.6 Å². The van der Waals surface area contributed by atoms with Gasteiger partial charge in [0.05, 0.1) is 12.7 Å². The van der Waals surface area contributed by atoms with E-state index in [9.17, 15) is 14.4 Å². The average Bonchev–Trinajstić information content (AvgIpc) is 2.71. The molecule has 1 aromatic rings. The number of carbonyl (C=O) groups is 3. The Morgan fingerprint density at radius 3 is 2.38 bits per heavy atom. The summed E-state index contributed by atoms with van der Waals surface area (Å²) >= 11 is 1.28. The van der Waals surface area contributed by atoms with Gasteiger partial charge in [0.1, 0.15) is 11.0 Å². The summed E-state index contributed by atoms with van der Waals surface area (Å²) in [5.41, 5.74) is 1.10. The third kappa shape index (κ3) is 3.94. The van der Waals surface area contributed by atoms with Crippen LogP contribution in [0, 0.1) is 13.8 Å². The van der Waals surface area contributed by atoms with Gasteiger partial charge in [-0.05, 0) is 26.3 Å². The largest absolute Gasteiger partial charge is 0.465 e. The summed E-state index contributed by atoms with van der Waals surface area (Å²) in [6, 6.07) is -1.24. The Hall–Kier alpha value is -2.09. The van der Waals surface area contributed by atoms with Crippen molar-refractivity contribution in [3.63, 3.8) is 0 Å². The molecule has 7 nitrogen and oxygen atoms in total. The molecule has 1 aromatic heterocycles. The molecule has 0 aliphatic carbocycles. The Balaban J connectivity index is 2.88. The van der Waals surface area contributed by atoms with E-state index >= 15 is 0 Å². The number of nitrogens with one attached hydrogen (secondary N) is 3. The summed E-state index contributed by atoms with van der Waals surface area (Å²) in [6.07, 6.45) is 0. The molecule has 3 N–H and O–H groups in total. The van der Waals surface area contributed by atoms with Gasteiger partial charge in [0.15, 0.2) is 0 Å². The fourth-order valence-corrected chi connectivity index (χ4v) is 2.72. The average molecular weight is 313 g/mol. The molecule has 8 heteroatoms. The van der Waals surface area contributed by atoms with Crippen LogP contribution in [0.4, 0.5) is 9.80 Å². The van der Waals surface area contributed by atoms with Crippen molar-refractivity contribution >= 4 is 34.2 Å². The van der Waals surface area contributed by atoms with E-state index in [-0.39, 0.29) is 5.91 Å². The van der Waals surface area contributed by atoms with Gasteiger partial charge in [0.2, 0.25) is 5.91 Å². The number of esters is 1. The zero-order chi connectivity index (χ0) is 16.2. The van der Waals surface area contributed by atoms with Crippen LogP contribution in [0.5, 0.6) is 0 Å². The van der Waals surface area contributed by atoms with Crippen LogP contribution in [0.1, 0.15) is 27.7 Å². The number of aryl methyl sites for hydroxylation is 1. The van der Waals surface area contributed by atoms with E-state index < -0.39 is 18.0 Å². The molecule has 0 aliphatic rings. The normalized spacial score (nSPS) is 11.5. The van der Waals surface area contributed by atoms with Gasteiger partial charge >= 0.3 is 12.0 Å². The highest BCUT2D eigenvalue weighted by Gasteiger charge is 2.22. The molecule has 3 amide bonds. The second-order valence-corrected chi connectivity index (χ2v) is 5.64. The maximum absolute atomic E-state index is 11.9. The van der Waals surface area contributed by atoms with E-state index in [0.717, 1.165) is 10.4 Å². The molecule has 0 aliphatic heterocycles. The minimum absolute atomic E-state index is 0.308. The van der Waals surface area contributed by atoms with Crippen LogP contribution in [-0.2, 0) is 9.53 Å². The van der Waals surface area contributed by atoms with Crippen LogP contribution in [-0.4, -0.2) is 38.1 Å². The fraction of sp³-hybridized carbons (Fsp3) is 0.462. The zero-order valence-corrected chi connectivity index (χ0v) is 13.4. The summed E-state index contributed by atoms with van der Waals surface area (Å²) in [5.74, 6) is -0.816. The van der Waals surface area contributed by atoms with Gasteiger partial charge in [0, 0.05) is 11.9 Å². The standard InChI is InChI=1S/C13H19N3O4S/c1-6-8(3)21-11(9(6)12(18)20-5)16-13(19)15-7(2)10(17)14-4/h7H,1-5H3,(H,14,17)(H2,15,16,19)/t7-/m1/s1. The minimum Gasteiger partial charge on any atom is -0.465 e. The first kappa shape index (κ1) is 17.0. The first-order chi connectivity index (χ1) is 9.81. The first-order valence-corrected chi connectivity index (χ1v) is 7.10. The van der Waals surface area contributed by atoms with Crippen molar-refractivity contribution in [2.75, 3.05) is 19.5 Å². The molecule has 0 unspecified atom stereocenters. The Morgan fingerprint density at radius 1 is 1.24 bits per heavy atom. The summed E-state index contributed by atoms with van der Waals surface area (Å²) in [6.45, 7) is 5.20. The van der Waals surface area contributed by atoms with Crippen molar-refractivity contribution in [2.24, 2.45) is 0 Å². The SMILES string of the molecule is CNC(=O)[C@@H](C)NC(=O)Nc1sc(C)c(C)c1C(=O)OC. The summed E-state index contributed by atoms with van der Waals surface area (Å²) in [5, 5.41) is 7.90. The molecule has 1 atom stereocenters. The second-order valence-electron chi connectivity index (χ2n) is 4.41. The molecule has 0 spiro atoms. The van der Waals surface area contributed by atoms with Gasteiger partial charge in [0.25, 0.3) is 0 Å². The van der Waals surface area contributed by atoms with E-state index in [4.69, 9.17) is 4.74 Å². The molecule has 0 saturated carbocycles. The number of rotatable bonds is 4. The molecule has 0 radical (unpaired) electrons. The molecular weight excluding hydrogens is 294 g/mol. The van der Waals surface area contributed by atoms with Crippen LogP contribution in [0.15, 0.2) is 0 Å². The number of likely N-dealkylation sites (N-methyl/N-ethyl adjacent to an activating group) is 1. The smallest absolute Gasteiger partial charge is 0.341 e. The van der Waals surface area contributed by atoms with Crippen molar-refractivity contribution in [2.45, 2.75) is 26.8 Å². The van der Waals surface area contributed by atoms with E-state index in [1.165, 1.54) is 25.5 Å². The topological polar surface area (TPSA) is 96.5 Å². The van der Waals surface area contributed by atoms with Crippen molar-refractivity contribution in [1.82, 2.24) is 10.6 Å². The highest BCUT2D eigenvalue weighted by molar-refractivity contribution is 7.16. The third-order valence-corrected chi connectivity index (χ3v) is 4.11. The number of carbonyl (C=O) groups excluding carboxylic acids is 3. The monoisotopic (exact) mass is 313 g/mol. The highest BCUT2D eigenvalue weighted by Crippen LogP contribution is 2.32. The number of hydrogen-bond donors (Lipinski definition) is 3. The number of amides is 3. The summed E-state index contributed by atoms with van der Waals surface area (Å²) in [7, 11) is 2.77. The Bertz CT molecular complexity index is 568. The minimum atomic E-state index is -0.682. The van der Waals surface area contributed by atoms with E-state index in [1.807, 2.05) is 6.92 Å². The zero-order valence-electron chi connectivity index (χ0n) is 12.6. The molecule has 0 bridgehead atoms. The molecule has 0 saturated heterocycles. The third-order valence-electron chi connectivity index (χ3n) is 2.99. The number of anilines is 1. The van der Waals surface area contributed by atoms with Crippen LogP contribution in [0.3, 0.4) is 0 Å². The number of thiophene rings is 1. The molecule has 1 rings (SSSR count). The number of urea groups is 1. The lowest BCUT2D eigenvalue weighted by Crippen LogP contribution is -2.45. The van der Waals surface area contributed by atoms with Crippen LogP contribution < -0.4 is 16.0 Å². The Kier molecular flexibility index (Phi) is 5.71. The van der Waals surface area contributed by atoms with Crippen molar-refractivity contribution < 1.29 is 19.1 Å². The van der Waals surface area contributed by atoms with Crippen LogP contribution >= 0.6 is 11.3 Å². The van der Waals surface area contributed by atoms with Gasteiger partial charge in [-0.25, -0.2) is 9.59 Å². The van der Waals surface area contributed by atoms with Gasteiger partial charge in [-0.3, -0.25) is 10.1 Å². The molecule has 1 heterocycles. The first-order valence-electron chi connectivity index (χ1n) is 6.29. The van der Waals surface area contributed by atoms with Crippen LogP contribution in [0.25, 0.3) is 0 Å². The van der Waals surface area contributed by atoms with Crippen LogP contribution in [0.2, 0.25) is 0 Å². The fourth-order valence-electron chi connectivity index (χ4n) is 1.68. The predicted molar refractivity (Wildman–Crippen MR) is 80.8 cm³/mol. The lowest BCUT2D eigenvalue weighted by atomic mass is 10.1. The van der Waals surface area contributed by atoms with E-state index in [2.05, 4.69) is 16.0 Å². The molecular formula is C13H19N3O4S. The summed E-state index contributed by atoms with van der Waals surface area (Å²) < 4.78 is 4.72. The van der Waals surface area contributed by atoms with Gasteiger partial charge in [-0.15, -0.1) is 11.3 Å². The van der Waals surface area contributed by atoms with E-state index in [1.54, 1.807) is 13.8 Å². The van der Waals surface area contributed by atoms with Gasteiger partial charge in [-0.1, -0.05) is 0 Å². The maximum atomic E-state index is 11.9. The highest BCUT2D eigenvalue weighted by atomic mass is 32.1. The predicted octanol–water partition coefficient (Wildman–Crippen LogP) is 1.41. The second kappa shape index (κ2) is 7.07. The maximum Gasteiger partial charge on any atom is 0.341 e. The lowest BCUT2D eigenvalue weighted by Gasteiger charge is -2.13. The molecule has 116 valence electrons. The summed E-state index contributed by atoms with van der Waals surface area (Å²) in [4.78, 5) is 35.9. The molecule has 21 heavy (non-hydrogen) atoms. The number of ether oxygens (including phenoxy) is 1. The van der Waals surface area contributed by atoms with Crippen molar-refractivity contribution in [1.29, 1.82) is 0 Å². The molecule has 0 fully saturated rings.